The lowest BCUT2D eigenvalue weighted by Crippen LogP contribution is -2.45. The van der Waals surface area contributed by atoms with Crippen LogP contribution in [0.15, 0.2) is 35.5 Å². The Kier molecular flexibility index (Phi) is 4.74. The maximum atomic E-state index is 12.7. The van der Waals surface area contributed by atoms with Crippen LogP contribution in [0.3, 0.4) is 0 Å². The Bertz CT molecular complexity index is 677. The molecule has 6 nitrogen and oxygen atoms in total. The van der Waals surface area contributed by atoms with Gasteiger partial charge in [0.1, 0.15) is 11.9 Å². The molecule has 2 aliphatic rings. The fraction of sp³-hybridized carbons (Fsp3) is 0.444. The average Bonchev–Trinajstić information content (AvgIpc) is 3.07. The predicted octanol–water partition coefficient (Wildman–Crippen LogP) is 2.81. The van der Waals surface area contributed by atoms with Crippen molar-refractivity contribution in [2.45, 2.75) is 44.8 Å². The summed E-state index contributed by atoms with van der Waals surface area (Å²) >= 11 is 0. The molecule has 0 bridgehead atoms. The van der Waals surface area contributed by atoms with E-state index in [1.807, 2.05) is 24.3 Å². The molecule has 1 aliphatic carbocycles. The van der Waals surface area contributed by atoms with Gasteiger partial charge in [-0.15, -0.1) is 0 Å². The van der Waals surface area contributed by atoms with Crippen molar-refractivity contribution in [3.63, 3.8) is 0 Å². The number of benzene rings is 1. The van der Waals surface area contributed by atoms with E-state index in [0.717, 1.165) is 31.2 Å². The molecule has 2 N–H and O–H groups in total. The first-order valence-electron chi connectivity index (χ1n) is 8.21. The van der Waals surface area contributed by atoms with Crippen molar-refractivity contribution in [1.29, 1.82) is 0 Å². The third kappa shape index (κ3) is 3.37. The fourth-order valence-electron chi connectivity index (χ4n) is 3.26. The minimum absolute atomic E-state index is 0.0265. The summed E-state index contributed by atoms with van der Waals surface area (Å²) in [6, 6.07) is 6.43. The number of allylic oxidation sites excluding steroid dienone is 1. The number of carbonyl (C=O) groups excluding carboxylic acids is 2. The van der Waals surface area contributed by atoms with Crippen molar-refractivity contribution >= 4 is 12.0 Å². The molecule has 2 amide bonds. The van der Waals surface area contributed by atoms with E-state index >= 15 is 0 Å². The number of esters is 1. The highest BCUT2D eigenvalue weighted by atomic mass is 16.5. The van der Waals surface area contributed by atoms with Gasteiger partial charge in [0, 0.05) is 5.70 Å². The van der Waals surface area contributed by atoms with E-state index in [1.54, 1.807) is 14.0 Å². The normalized spacial score (nSPS) is 21.2. The molecule has 1 atom stereocenters. The molecule has 1 heterocycles. The fourth-order valence-corrected chi connectivity index (χ4v) is 3.26. The first-order valence-corrected chi connectivity index (χ1v) is 8.21. The van der Waals surface area contributed by atoms with Crippen LogP contribution in [-0.2, 0) is 9.53 Å². The lowest BCUT2D eigenvalue weighted by atomic mass is 9.95. The smallest absolute Gasteiger partial charge is 0.338 e. The quantitative estimate of drug-likeness (QED) is 0.832. The van der Waals surface area contributed by atoms with Crippen molar-refractivity contribution in [1.82, 2.24) is 10.6 Å². The Balaban J connectivity index is 1.90. The second-order valence-corrected chi connectivity index (χ2v) is 6.16. The third-order valence-corrected chi connectivity index (χ3v) is 4.49. The van der Waals surface area contributed by atoms with Crippen LogP contribution in [-0.4, -0.2) is 25.2 Å². The van der Waals surface area contributed by atoms with E-state index in [0.29, 0.717) is 17.0 Å². The zero-order chi connectivity index (χ0) is 17.1. The van der Waals surface area contributed by atoms with Crippen LogP contribution in [0, 0.1) is 0 Å². The Morgan fingerprint density at radius 1 is 1.25 bits per heavy atom. The van der Waals surface area contributed by atoms with E-state index in [-0.39, 0.29) is 18.1 Å². The molecular weight excluding hydrogens is 308 g/mol. The highest BCUT2D eigenvalue weighted by Gasteiger charge is 2.34. The van der Waals surface area contributed by atoms with Crippen LogP contribution in [0.4, 0.5) is 4.79 Å². The minimum Gasteiger partial charge on any atom is -0.497 e. The van der Waals surface area contributed by atoms with Gasteiger partial charge in [-0.3, -0.25) is 0 Å². The van der Waals surface area contributed by atoms with Crippen molar-refractivity contribution in [3.05, 3.63) is 41.1 Å². The van der Waals surface area contributed by atoms with Crippen LogP contribution in [0.1, 0.15) is 44.2 Å². The van der Waals surface area contributed by atoms with Crippen molar-refractivity contribution in [3.8, 4) is 5.75 Å². The molecule has 1 aliphatic heterocycles. The molecule has 0 unspecified atom stereocenters. The molecule has 1 aromatic rings. The van der Waals surface area contributed by atoms with Crippen LogP contribution in [0.2, 0.25) is 0 Å². The van der Waals surface area contributed by atoms with Gasteiger partial charge in [0.15, 0.2) is 0 Å². The van der Waals surface area contributed by atoms with E-state index in [4.69, 9.17) is 9.47 Å². The summed E-state index contributed by atoms with van der Waals surface area (Å²) < 4.78 is 10.9. The van der Waals surface area contributed by atoms with E-state index < -0.39 is 6.04 Å². The lowest BCUT2D eigenvalue weighted by molar-refractivity contribution is -0.144. The SMILES string of the molecule is COc1cccc([C@@H]2NC(=O)NC(C)=C2C(=O)OC2CCCC2)c1. The molecule has 128 valence electrons. The molecular formula is C18H22N2O4. The summed E-state index contributed by atoms with van der Waals surface area (Å²) in [5, 5.41) is 5.47. The standard InChI is InChI=1S/C18H22N2O4/c1-11-15(17(21)24-13-7-3-4-8-13)16(20-18(22)19-11)12-6-5-9-14(10-12)23-2/h5-6,9-10,13,16H,3-4,7-8H2,1-2H3,(H2,19,20,22)/t16-/m0/s1. The molecule has 1 aromatic carbocycles. The first kappa shape index (κ1) is 16.4. The van der Waals surface area contributed by atoms with Crippen molar-refractivity contribution in [2.24, 2.45) is 0 Å². The van der Waals surface area contributed by atoms with E-state index in [1.165, 1.54) is 0 Å². The number of hydrogen-bond acceptors (Lipinski definition) is 4. The summed E-state index contributed by atoms with van der Waals surface area (Å²) in [7, 11) is 1.58. The zero-order valence-electron chi connectivity index (χ0n) is 13.9. The molecule has 0 aromatic heterocycles. The Morgan fingerprint density at radius 2 is 2.00 bits per heavy atom. The van der Waals surface area contributed by atoms with Gasteiger partial charge in [0.2, 0.25) is 0 Å². The Labute approximate surface area is 141 Å². The van der Waals surface area contributed by atoms with Crippen molar-refractivity contribution in [2.75, 3.05) is 7.11 Å². The van der Waals surface area contributed by atoms with Crippen molar-refractivity contribution < 1.29 is 19.1 Å². The predicted molar refractivity (Wildman–Crippen MR) is 88.5 cm³/mol. The zero-order valence-corrected chi connectivity index (χ0v) is 13.9. The molecule has 0 saturated heterocycles. The van der Waals surface area contributed by atoms with Gasteiger partial charge < -0.3 is 20.1 Å². The van der Waals surface area contributed by atoms with Crippen LogP contribution in [0.5, 0.6) is 5.75 Å². The maximum absolute atomic E-state index is 12.7. The number of hydrogen-bond donors (Lipinski definition) is 2. The third-order valence-electron chi connectivity index (χ3n) is 4.49. The number of ether oxygens (including phenoxy) is 2. The van der Waals surface area contributed by atoms with Crippen LogP contribution >= 0.6 is 0 Å². The van der Waals surface area contributed by atoms with Gasteiger partial charge in [0.25, 0.3) is 0 Å². The number of methoxy groups -OCH3 is 1. The maximum Gasteiger partial charge on any atom is 0.338 e. The highest BCUT2D eigenvalue weighted by Crippen LogP contribution is 2.31. The topological polar surface area (TPSA) is 76.7 Å². The number of carbonyl (C=O) groups is 2. The van der Waals surface area contributed by atoms with Crippen LogP contribution < -0.4 is 15.4 Å². The molecule has 6 heteroatoms. The Hall–Kier alpha value is -2.50. The highest BCUT2D eigenvalue weighted by molar-refractivity contribution is 5.95. The number of amides is 2. The largest absolute Gasteiger partial charge is 0.497 e. The van der Waals surface area contributed by atoms with Gasteiger partial charge in [-0.2, -0.15) is 0 Å². The first-order chi connectivity index (χ1) is 11.6. The molecule has 0 spiro atoms. The summed E-state index contributed by atoms with van der Waals surface area (Å²) in [6.07, 6.45) is 3.96. The van der Waals surface area contributed by atoms with Crippen LogP contribution in [0.25, 0.3) is 0 Å². The minimum atomic E-state index is -0.553. The average molecular weight is 330 g/mol. The molecule has 1 fully saturated rings. The molecule has 0 radical (unpaired) electrons. The van der Waals surface area contributed by atoms with E-state index in [2.05, 4.69) is 10.6 Å². The van der Waals surface area contributed by atoms with Gasteiger partial charge in [-0.25, -0.2) is 9.59 Å². The van der Waals surface area contributed by atoms with E-state index in [9.17, 15) is 9.59 Å². The van der Waals surface area contributed by atoms with Gasteiger partial charge in [-0.1, -0.05) is 12.1 Å². The van der Waals surface area contributed by atoms with Gasteiger partial charge in [-0.05, 0) is 50.3 Å². The lowest BCUT2D eigenvalue weighted by Gasteiger charge is -2.29. The van der Waals surface area contributed by atoms with Gasteiger partial charge in [0.05, 0.1) is 18.7 Å². The Morgan fingerprint density at radius 3 is 2.71 bits per heavy atom. The summed E-state index contributed by atoms with van der Waals surface area (Å²) in [6.45, 7) is 1.72. The molecule has 1 saturated carbocycles. The second kappa shape index (κ2) is 6.95. The summed E-state index contributed by atoms with van der Waals surface area (Å²) in [5.74, 6) is 0.293. The number of nitrogens with one attached hydrogen (secondary N) is 2. The molecule has 24 heavy (non-hydrogen) atoms. The molecule has 3 rings (SSSR count). The second-order valence-electron chi connectivity index (χ2n) is 6.16. The summed E-state index contributed by atoms with van der Waals surface area (Å²) in [4.78, 5) is 24.6. The van der Waals surface area contributed by atoms with Gasteiger partial charge >= 0.3 is 12.0 Å². The summed E-state index contributed by atoms with van der Waals surface area (Å²) in [5.41, 5.74) is 1.74. The number of rotatable bonds is 4. The monoisotopic (exact) mass is 330 g/mol. The number of urea groups is 1.